The number of piperidine rings is 1. The maximum absolute atomic E-state index is 14.0. The number of benzene rings is 2. The van der Waals surface area contributed by atoms with Crippen molar-refractivity contribution < 1.29 is 23.5 Å². The Labute approximate surface area is 211 Å². The maximum atomic E-state index is 14.0. The first kappa shape index (κ1) is 24.6. The monoisotopic (exact) mass is 495 g/mol. The quantitative estimate of drug-likeness (QED) is 0.588. The molecule has 0 aromatic heterocycles. The van der Waals surface area contributed by atoms with Crippen LogP contribution in [0.3, 0.4) is 0 Å². The molecule has 0 spiro atoms. The van der Waals surface area contributed by atoms with Crippen molar-refractivity contribution in [2.24, 2.45) is 11.8 Å². The third-order valence-corrected chi connectivity index (χ3v) is 7.42. The molecule has 0 radical (unpaired) electrons. The Morgan fingerprint density at radius 3 is 2.50 bits per heavy atom. The van der Waals surface area contributed by atoms with Gasteiger partial charge in [0.25, 0.3) is 5.91 Å². The van der Waals surface area contributed by atoms with E-state index in [-0.39, 0.29) is 36.0 Å². The van der Waals surface area contributed by atoms with E-state index in [2.05, 4.69) is 16.3 Å². The van der Waals surface area contributed by atoms with Crippen LogP contribution in [0.25, 0.3) is 0 Å². The van der Waals surface area contributed by atoms with Gasteiger partial charge in [0, 0.05) is 19.5 Å². The summed E-state index contributed by atoms with van der Waals surface area (Å²) in [6.45, 7) is 7.87. The SMILES string of the molecule is CC(C)CN1C(=O)N[C@](Cc2cccc(F)c2)(C2CCN(Cc3ccc4c(c3)OCCO4)CC2)C1=O. The van der Waals surface area contributed by atoms with Crippen molar-refractivity contribution in [2.75, 3.05) is 32.8 Å². The molecule has 192 valence electrons. The highest BCUT2D eigenvalue weighted by atomic mass is 19.1. The van der Waals surface area contributed by atoms with Gasteiger partial charge in [-0.05, 0) is 73.2 Å². The van der Waals surface area contributed by atoms with Crippen LogP contribution in [0.5, 0.6) is 11.5 Å². The van der Waals surface area contributed by atoms with Crippen molar-refractivity contribution in [2.45, 2.75) is 45.2 Å². The van der Waals surface area contributed by atoms with Crippen molar-refractivity contribution in [3.8, 4) is 11.5 Å². The van der Waals surface area contributed by atoms with Gasteiger partial charge in [0.1, 0.15) is 24.6 Å². The molecule has 5 rings (SSSR count). The second-order valence-electron chi connectivity index (χ2n) is 10.5. The van der Waals surface area contributed by atoms with Crippen LogP contribution in [0.15, 0.2) is 42.5 Å². The molecule has 2 aromatic carbocycles. The Morgan fingerprint density at radius 2 is 1.78 bits per heavy atom. The van der Waals surface area contributed by atoms with E-state index < -0.39 is 5.54 Å². The number of amides is 3. The average Bonchev–Trinajstić information content (AvgIpc) is 3.09. The van der Waals surface area contributed by atoms with E-state index in [1.165, 1.54) is 17.0 Å². The molecule has 2 aromatic rings. The van der Waals surface area contributed by atoms with Crippen LogP contribution < -0.4 is 14.8 Å². The van der Waals surface area contributed by atoms with Crippen LogP contribution in [0.2, 0.25) is 0 Å². The van der Waals surface area contributed by atoms with Gasteiger partial charge in [0.05, 0.1) is 0 Å². The molecule has 0 unspecified atom stereocenters. The van der Waals surface area contributed by atoms with Gasteiger partial charge in [0.15, 0.2) is 11.5 Å². The highest BCUT2D eigenvalue weighted by molar-refractivity contribution is 6.07. The van der Waals surface area contributed by atoms with Crippen molar-refractivity contribution in [1.29, 1.82) is 0 Å². The molecule has 3 aliphatic heterocycles. The number of carbonyl (C=O) groups excluding carboxylic acids is 2. The van der Waals surface area contributed by atoms with E-state index in [9.17, 15) is 14.0 Å². The largest absolute Gasteiger partial charge is 0.486 e. The van der Waals surface area contributed by atoms with E-state index >= 15 is 0 Å². The van der Waals surface area contributed by atoms with Crippen molar-refractivity contribution in [1.82, 2.24) is 15.1 Å². The molecule has 2 saturated heterocycles. The lowest BCUT2D eigenvalue weighted by molar-refractivity contribution is -0.134. The number of ether oxygens (including phenoxy) is 2. The molecule has 0 bridgehead atoms. The number of carbonyl (C=O) groups is 2. The summed E-state index contributed by atoms with van der Waals surface area (Å²) in [5.74, 6) is 1.17. The Kier molecular flexibility index (Phi) is 6.88. The lowest BCUT2D eigenvalue weighted by Crippen LogP contribution is -2.57. The summed E-state index contributed by atoms with van der Waals surface area (Å²) in [7, 11) is 0. The highest BCUT2D eigenvalue weighted by Gasteiger charge is 2.55. The fourth-order valence-corrected chi connectivity index (χ4v) is 5.71. The summed E-state index contributed by atoms with van der Waals surface area (Å²) < 4.78 is 25.3. The second kappa shape index (κ2) is 10.1. The van der Waals surface area contributed by atoms with Crippen molar-refractivity contribution in [3.63, 3.8) is 0 Å². The molecule has 3 heterocycles. The number of imide groups is 1. The van der Waals surface area contributed by atoms with Gasteiger partial charge >= 0.3 is 6.03 Å². The number of rotatable bonds is 7. The Morgan fingerprint density at radius 1 is 1.03 bits per heavy atom. The molecule has 8 heteroatoms. The van der Waals surface area contributed by atoms with Crippen LogP contribution >= 0.6 is 0 Å². The minimum atomic E-state index is -1.05. The summed E-state index contributed by atoms with van der Waals surface area (Å²) >= 11 is 0. The normalized spacial score (nSPS) is 22.8. The number of nitrogens with one attached hydrogen (secondary N) is 1. The fraction of sp³-hybridized carbons (Fsp3) is 0.500. The van der Waals surface area contributed by atoms with Gasteiger partial charge in [-0.1, -0.05) is 32.0 Å². The topological polar surface area (TPSA) is 71.1 Å². The van der Waals surface area contributed by atoms with Crippen LogP contribution in [0, 0.1) is 17.7 Å². The minimum absolute atomic E-state index is 0.0362. The fourth-order valence-electron chi connectivity index (χ4n) is 5.71. The number of likely N-dealkylation sites (tertiary alicyclic amines) is 1. The minimum Gasteiger partial charge on any atom is -0.486 e. The molecule has 36 heavy (non-hydrogen) atoms. The third kappa shape index (κ3) is 4.91. The van der Waals surface area contributed by atoms with Crippen molar-refractivity contribution >= 4 is 11.9 Å². The molecule has 7 nitrogen and oxygen atoms in total. The zero-order valence-corrected chi connectivity index (χ0v) is 21.0. The number of hydrogen-bond acceptors (Lipinski definition) is 5. The number of fused-ring (bicyclic) bond motifs is 1. The standard InChI is InChI=1S/C28H34FN3O4/c1-19(2)17-32-26(33)28(30-27(32)34,16-20-4-3-5-23(29)14-20)22-8-10-31(11-9-22)18-21-6-7-24-25(15-21)36-13-12-35-24/h3-7,14-15,19,22H,8-13,16-18H2,1-2H3,(H,30,34)/t28-/m1/s1. The van der Waals surface area contributed by atoms with E-state index in [0.717, 1.165) is 49.5 Å². The summed E-state index contributed by atoms with van der Waals surface area (Å²) in [6, 6.07) is 12.1. The van der Waals surface area contributed by atoms with Gasteiger partial charge in [-0.3, -0.25) is 14.6 Å². The van der Waals surface area contributed by atoms with E-state index in [0.29, 0.717) is 25.3 Å². The first-order valence-corrected chi connectivity index (χ1v) is 12.8. The summed E-state index contributed by atoms with van der Waals surface area (Å²) in [5.41, 5.74) is 0.817. The second-order valence-corrected chi connectivity index (χ2v) is 10.5. The predicted octanol–water partition coefficient (Wildman–Crippen LogP) is 4.00. The third-order valence-electron chi connectivity index (χ3n) is 7.42. The molecule has 1 atom stereocenters. The molecule has 0 aliphatic carbocycles. The van der Waals surface area contributed by atoms with Gasteiger partial charge in [-0.25, -0.2) is 9.18 Å². The molecule has 3 amide bonds. The molecular weight excluding hydrogens is 461 g/mol. The van der Waals surface area contributed by atoms with E-state index in [4.69, 9.17) is 9.47 Å². The van der Waals surface area contributed by atoms with Crippen LogP contribution in [-0.2, 0) is 17.8 Å². The number of hydrogen-bond donors (Lipinski definition) is 1. The summed E-state index contributed by atoms with van der Waals surface area (Å²) in [4.78, 5) is 30.4. The first-order chi connectivity index (χ1) is 17.3. The number of nitrogens with zero attached hydrogens (tertiary/aromatic N) is 2. The van der Waals surface area contributed by atoms with Crippen LogP contribution in [0.4, 0.5) is 9.18 Å². The van der Waals surface area contributed by atoms with Gasteiger partial charge < -0.3 is 14.8 Å². The first-order valence-electron chi connectivity index (χ1n) is 12.8. The Balaban J connectivity index is 1.32. The molecule has 2 fully saturated rings. The van der Waals surface area contributed by atoms with Crippen LogP contribution in [-0.4, -0.2) is 60.1 Å². The lowest BCUT2D eigenvalue weighted by Gasteiger charge is -2.41. The molecule has 3 aliphatic rings. The van der Waals surface area contributed by atoms with E-state index in [1.807, 2.05) is 32.0 Å². The molecule has 0 saturated carbocycles. The summed E-state index contributed by atoms with van der Waals surface area (Å²) in [6.07, 6.45) is 1.82. The van der Waals surface area contributed by atoms with Gasteiger partial charge in [-0.2, -0.15) is 0 Å². The predicted molar refractivity (Wildman–Crippen MR) is 133 cm³/mol. The Hall–Kier alpha value is -3.13. The zero-order valence-electron chi connectivity index (χ0n) is 21.0. The lowest BCUT2D eigenvalue weighted by atomic mass is 9.73. The van der Waals surface area contributed by atoms with Crippen molar-refractivity contribution in [3.05, 3.63) is 59.4 Å². The summed E-state index contributed by atoms with van der Waals surface area (Å²) in [5, 5.41) is 3.08. The maximum Gasteiger partial charge on any atom is 0.325 e. The average molecular weight is 496 g/mol. The number of halogens is 1. The van der Waals surface area contributed by atoms with E-state index in [1.54, 1.807) is 6.07 Å². The zero-order chi connectivity index (χ0) is 25.3. The van der Waals surface area contributed by atoms with Crippen LogP contribution in [0.1, 0.15) is 37.8 Å². The highest BCUT2D eigenvalue weighted by Crippen LogP contribution is 2.38. The molecule has 1 N–H and O–H groups in total. The Bertz CT molecular complexity index is 1130. The van der Waals surface area contributed by atoms with Gasteiger partial charge in [-0.15, -0.1) is 0 Å². The number of urea groups is 1. The smallest absolute Gasteiger partial charge is 0.325 e. The molecular formula is C28H34FN3O4. The van der Waals surface area contributed by atoms with Gasteiger partial charge in [0.2, 0.25) is 0 Å².